The second-order valence-electron chi connectivity index (χ2n) is 4.84. The largest absolute Gasteiger partial charge is 0.480 e. The van der Waals surface area contributed by atoms with Crippen molar-refractivity contribution in [3.63, 3.8) is 0 Å². The normalized spacial score (nSPS) is 10.8. The highest BCUT2D eigenvalue weighted by Gasteiger charge is 2.21. The fraction of sp³-hybridized carbons (Fsp3) is 0.188. The molecule has 0 N–H and O–H groups in total. The fourth-order valence-electron chi connectivity index (χ4n) is 2.54. The van der Waals surface area contributed by atoms with Crippen molar-refractivity contribution in [2.24, 2.45) is 7.05 Å². The van der Waals surface area contributed by atoms with E-state index in [0.29, 0.717) is 22.8 Å². The Morgan fingerprint density at radius 2 is 2.04 bits per heavy atom. The third kappa shape index (κ3) is 2.54. The number of ether oxygens (including phenoxy) is 2. The number of nitrogens with zero attached hydrogens (tertiary/aromatic N) is 3. The molecule has 0 aliphatic heterocycles. The zero-order valence-corrected chi connectivity index (χ0v) is 15.0. The molecule has 6 nitrogen and oxygen atoms in total. The zero-order chi connectivity index (χ0) is 16.6. The molecular formula is C16H14IN3O3. The number of benzene rings is 1. The van der Waals surface area contributed by atoms with E-state index >= 15 is 0 Å². The summed E-state index contributed by atoms with van der Waals surface area (Å²) in [6, 6.07) is 7.27. The molecule has 23 heavy (non-hydrogen) atoms. The first kappa shape index (κ1) is 15.7. The lowest BCUT2D eigenvalue weighted by atomic mass is 10.2. The number of pyridine rings is 1. The summed E-state index contributed by atoms with van der Waals surface area (Å²) >= 11 is 2.22. The SMILES string of the molecule is COC(=O)c1cccc2nc(-c3c(I)ccnc3OC)n(C)c12. The van der Waals surface area contributed by atoms with Crippen molar-refractivity contribution < 1.29 is 14.3 Å². The first-order chi connectivity index (χ1) is 11.1. The molecule has 0 saturated heterocycles. The van der Waals surface area contributed by atoms with Gasteiger partial charge in [-0.05, 0) is 40.8 Å². The highest BCUT2D eigenvalue weighted by molar-refractivity contribution is 14.1. The summed E-state index contributed by atoms with van der Waals surface area (Å²) in [5.41, 5.74) is 2.71. The van der Waals surface area contributed by atoms with Gasteiger partial charge in [-0.25, -0.2) is 14.8 Å². The quantitative estimate of drug-likeness (QED) is 0.479. The van der Waals surface area contributed by atoms with Crippen molar-refractivity contribution in [2.75, 3.05) is 14.2 Å². The number of esters is 1. The number of carbonyl (C=O) groups excluding carboxylic acids is 1. The molecule has 2 heterocycles. The third-order valence-electron chi connectivity index (χ3n) is 3.58. The van der Waals surface area contributed by atoms with Gasteiger partial charge < -0.3 is 14.0 Å². The molecule has 1 aromatic carbocycles. The molecule has 7 heteroatoms. The summed E-state index contributed by atoms with van der Waals surface area (Å²) in [6.07, 6.45) is 1.69. The summed E-state index contributed by atoms with van der Waals surface area (Å²) in [5, 5.41) is 0. The van der Waals surface area contributed by atoms with Crippen LogP contribution in [0.4, 0.5) is 0 Å². The Hall–Kier alpha value is -2.16. The van der Waals surface area contributed by atoms with Gasteiger partial charge in [0.2, 0.25) is 5.88 Å². The summed E-state index contributed by atoms with van der Waals surface area (Å²) < 4.78 is 13.1. The van der Waals surface area contributed by atoms with Gasteiger partial charge in [-0.1, -0.05) is 6.07 Å². The van der Waals surface area contributed by atoms with Crippen molar-refractivity contribution in [2.45, 2.75) is 0 Å². The Labute approximate surface area is 146 Å². The number of aromatic nitrogens is 3. The number of halogens is 1. The molecule has 0 bridgehead atoms. The van der Waals surface area contributed by atoms with E-state index in [1.54, 1.807) is 25.4 Å². The van der Waals surface area contributed by atoms with Crippen molar-refractivity contribution in [3.8, 4) is 17.3 Å². The van der Waals surface area contributed by atoms with Crippen LogP contribution in [0.5, 0.6) is 5.88 Å². The monoisotopic (exact) mass is 423 g/mol. The van der Waals surface area contributed by atoms with Crippen LogP contribution in [0.1, 0.15) is 10.4 Å². The van der Waals surface area contributed by atoms with E-state index in [4.69, 9.17) is 9.47 Å². The average molecular weight is 423 g/mol. The van der Waals surface area contributed by atoms with Crippen LogP contribution in [0.3, 0.4) is 0 Å². The van der Waals surface area contributed by atoms with E-state index in [-0.39, 0.29) is 0 Å². The molecule has 0 aliphatic carbocycles. The van der Waals surface area contributed by atoms with E-state index in [0.717, 1.165) is 14.7 Å². The predicted molar refractivity (Wildman–Crippen MR) is 94.6 cm³/mol. The number of para-hydroxylation sites is 1. The lowest BCUT2D eigenvalue weighted by molar-refractivity contribution is 0.0602. The van der Waals surface area contributed by atoms with Crippen LogP contribution in [0, 0.1) is 3.57 Å². The van der Waals surface area contributed by atoms with E-state index in [1.165, 1.54) is 7.11 Å². The van der Waals surface area contributed by atoms with Crippen molar-refractivity contribution in [3.05, 3.63) is 39.6 Å². The van der Waals surface area contributed by atoms with Crippen molar-refractivity contribution in [1.82, 2.24) is 14.5 Å². The molecule has 3 rings (SSSR count). The Bertz CT molecular complexity index is 905. The first-order valence-electron chi connectivity index (χ1n) is 6.81. The number of rotatable bonds is 3. The number of imidazole rings is 1. The van der Waals surface area contributed by atoms with Gasteiger partial charge in [0, 0.05) is 16.8 Å². The maximum Gasteiger partial charge on any atom is 0.340 e. The first-order valence-corrected chi connectivity index (χ1v) is 7.89. The van der Waals surface area contributed by atoms with Crippen LogP contribution in [0.15, 0.2) is 30.5 Å². The zero-order valence-electron chi connectivity index (χ0n) is 12.8. The number of hydrogen-bond acceptors (Lipinski definition) is 5. The molecule has 0 atom stereocenters. The fourth-order valence-corrected chi connectivity index (χ4v) is 3.18. The third-order valence-corrected chi connectivity index (χ3v) is 4.48. The van der Waals surface area contributed by atoms with Gasteiger partial charge in [0.05, 0.1) is 36.4 Å². The Kier molecular flexibility index (Phi) is 4.20. The van der Waals surface area contributed by atoms with Crippen LogP contribution in [0.25, 0.3) is 22.4 Å². The van der Waals surface area contributed by atoms with Gasteiger partial charge >= 0.3 is 5.97 Å². The molecule has 3 aromatic rings. The minimum absolute atomic E-state index is 0.391. The maximum absolute atomic E-state index is 12.0. The van der Waals surface area contributed by atoms with E-state index in [2.05, 4.69) is 32.6 Å². The molecule has 0 unspecified atom stereocenters. The van der Waals surface area contributed by atoms with Gasteiger partial charge in [0.15, 0.2) is 0 Å². The van der Waals surface area contributed by atoms with Crippen LogP contribution >= 0.6 is 22.6 Å². The highest BCUT2D eigenvalue weighted by atomic mass is 127. The van der Waals surface area contributed by atoms with Gasteiger partial charge in [0.1, 0.15) is 5.82 Å². The van der Waals surface area contributed by atoms with Crippen LogP contribution < -0.4 is 4.74 Å². The van der Waals surface area contributed by atoms with Gasteiger partial charge in [-0.15, -0.1) is 0 Å². The molecule has 2 aromatic heterocycles. The topological polar surface area (TPSA) is 66.2 Å². The molecule has 0 radical (unpaired) electrons. The maximum atomic E-state index is 12.0. The summed E-state index contributed by atoms with van der Waals surface area (Å²) in [6.45, 7) is 0. The lowest BCUT2D eigenvalue weighted by Gasteiger charge is -2.10. The molecule has 0 amide bonds. The van der Waals surface area contributed by atoms with Crippen molar-refractivity contribution in [1.29, 1.82) is 0 Å². The standard InChI is InChI=1S/C16H14IN3O3/c1-20-13-9(16(21)23-3)5-4-6-11(13)19-14(20)12-10(17)7-8-18-15(12)22-2/h4-8H,1-3H3. The average Bonchev–Trinajstić information content (AvgIpc) is 2.90. The van der Waals surface area contributed by atoms with Crippen LogP contribution in [-0.2, 0) is 11.8 Å². The Morgan fingerprint density at radius 3 is 2.74 bits per heavy atom. The molecule has 0 aliphatic rings. The van der Waals surface area contributed by atoms with Crippen LogP contribution in [-0.4, -0.2) is 34.7 Å². The van der Waals surface area contributed by atoms with Crippen LogP contribution in [0.2, 0.25) is 0 Å². The van der Waals surface area contributed by atoms with Gasteiger partial charge in [0.25, 0.3) is 0 Å². The second-order valence-corrected chi connectivity index (χ2v) is 6.00. The summed E-state index contributed by atoms with van der Waals surface area (Å²) in [4.78, 5) is 20.9. The number of carbonyl (C=O) groups is 1. The molecule has 0 spiro atoms. The number of aryl methyl sites for hydroxylation is 1. The van der Waals surface area contributed by atoms with E-state index in [1.807, 2.05) is 23.7 Å². The molecule has 118 valence electrons. The summed E-state index contributed by atoms with van der Waals surface area (Å²) in [7, 11) is 4.80. The smallest absolute Gasteiger partial charge is 0.340 e. The Balaban J connectivity index is 2.34. The second kappa shape index (κ2) is 6.15. The number of fused-ring (bicyclic) bond motifs is 1. The minimum Gasteiger partial charge on any atom is -0.480 e. The lowest BCUT2D eigenvalue weighted by Crippen LogP contribution is -2.05. The number of hydrogen-bond donors (Lipinski definition) is 0. The Morgan fingerprint density at radius 1 is 1.26 bits per heavy atom. The predicted octanol–water partition coefficient (Wildman–Crippen LogP) is 3.04. The van der Waals surface area contributed by atoms with E-state index < -0.39 is 5.97 Å². The molecule has 0 fully saturated rings. The van der Waals surface area contributed by atoms with Gasteiger partial charge in [-0.2, -0.15) is 0 Å². The van der Waals surface area contributed by atoms with E-state index in [9.17, 15) is 4.79 Å². The molecule has 0 saturated carbocycles. The molecular weight excluding hydrogens is 409 g/mol. The number of methoxy groups -OCH3 is 2. The minimum atomic E-state index is -0.391. The van der Waals surface area contributed by atoms with Crippen molar-refractivity contribution >= 4 is 39.6 Å². The van der Waals surface area contributed by atoms with Gasteiger partial charge in [-0.3, -0.25) is 0 Å². The highest BCUT2D eigenvalue weighted by Crippen LogP contribution is 2.34. The summed E-state index contributed by atoms with van der Waals surface area (Å²) in [5.74, 6) is 0.790.